The Kier molecular flexibility index (Phi) is 6.24. The van der Waals surface area contributed by atoms with Crippen molar-refractivity contribution in [1.29, 1.82) is 0 Å². The monoisotopic (exact) mass is 453 g/mol. The van der Waals surface area contributed by atoms with E-state index < -0.39 is 0 Å². The van der Waals surface area contributed by atoms with E-state index in [1.807, 2.05) is 30.3 Å². The summed E-state index contributed by atoms with van der Waals surface area (Å²) < 4.78 is 1.61. The van der Waals surface area contributed by atoms with Crippen LogP contribution in [0.4, 0.5) is 11.6 Å². The first-order valence-electron chi connectivity index (χ1n) is 9.00. The van der Waals surface area contributed by atoms with Crippen LogP contribution in [0.1, 0.15) is 5.69 Å². The van der Waals surface area contributed by atoms with Gasteiger partial charge in [-0.3, -0.25) is 9.78 Å². The SMILES string of the molecule is N/C(=N\c1nc(CSc2nnnn2-c2ccccc2)cc(=O)[nH]1)Nc1cccc(Cl)c1. The van der Waals surface area contributed by atoms with Gasteiger partial charge < -0.3 is 11.1 Å². The Morgan fingerprint density at radius 3 is 2.84 bits per heavy atom. The van der Waals surface area contributed by atoms with Crippen LogP contribution in [-0.4, -0.2) is 36.1 Å². The number of rotatable bonds is 6. The van der Waals surface area contributed by atoms with Crippen LogP contribution in [0.25, 0.3) is 5.69 Å². The van der Waals surface area contributed by atoms with Crippen LogP contribution >= 0.6 is 23.4 Å². The quantitative estimate of drug-likeness (QED) is 0.230. The summed E-state index contributed by atoms with van der Waals surface area (Å²) in [6.45, 7) is 0. The molecule has 0 aliphatic carbocycles. The van der Waals surface area contributed by atoms with E-state index in [0.29, 0.717) is 27.3 Å². The van der Waals surface area contributed by atoms with Gasteiger partial charge in [0.1, 0.15) is 0 Å². The summed E-state index contributed by atoms with van der Waals surface area (Å²) in [7, 11) is 0. The second kappa shape index (κ2) is 9.41. The van der Waals surface area contributed by atoms with Gasteiger partial charge in [0.25, 0.3) is 5.56 Å². The van der Waals surface area contributed by atoms with Gasteiger partial charge >= 0.3 is 0 Å². The van der Waals surface area contributed by atoms with Gasteiger partial charge in [-0.15, -0.1) is 5.10 Å². The van der Waals surface area contributed by atoms with Crippen molar-refractivity contribution in [2.75, 3.05) is 5.32 Å². The molecular formula is C19H16ClN9OS. The lowest BCUT2D eigenvalue weighted by Crippen LogP contribution is -2.22. The third kappa shape index (κ3) is 5.47. The molecule has 0 amide bonds. The number of benzene rings is 2. The molecule has 10 nitrogen and oxygen atoms in total. The minimum Gasteiger partial charge on any atom is -0.369 e. The number of halogens is 1. The molecule has 4 N–H and O–H groups in total. The van der Waals surface area contributed by atoms with Gasteiger partial charge in [0.15, 0.2) is 0 Å². The van der Waals surface area contributed by atoms with Crippen LogP contribution in [0.2, 0.25) is 5.02 Å². The fourth-order valence-electron chi connectivity index (χ4n) is 2.62. The number of nitrogens with one attached hydrogen (secondary N) is 2. The third-order valence-electron chi connectivity index (χ3n) is 3.90. The van der Waals surface area contributed by atoms with Crippen molar-refractivity contribution in [3.8, 4) is 5.69 Å². The molecule has 0 unspecified atom stereocenters. The number of aliphatic imine (C=N–C) groups is 1. The minimum absolute atomic E-state index is 0.0586. The van der Waals surface area contributed by atoms with Gasteiger partial charge in [0.2, 0.25) is 17.1 Å². The van der Waals surface area contributed by atoms with Crippen molar-refractivity contribution in [3.05, 3.63) is 81.7 Å². The number of hydrogen-bond acceptors (Lipinski definition) is 7. The number of nitrogens with zero attached hydrogens (tertiary/aromatic N) is 6. The highest BCUT2D eigenvalue weighted by molar-refractivity contribution is 7.98. The van der Waals surface area contributed by atoms with Crippen molar-refractivity contribution in [3.63, 3.8) is 0 Å². The number of hydrogen-bond donors (Lipinski definition) is 3. The van der Waals surface area contributed by atoms with Crippen LogP contribution in [0.15, 0.2) is 75.6 Å². The maximum atomic E-state index is 12.0. The molecule has 0 aliphatic rings. The zero-order chi connectivity index (χ0) is 21.6. The first-order chi connectivity index (χ1) is 15.1. The highest BCUT2D eigenvalue weighted by atomic mass is 35.5. The molecule has 2 aromatic heterocycles. The summed E-state index contributed by atoms with van der Waals surface area (Å²) in [5.74, 6) is 0.502. The summed E-state index contributed by atoms with van der Waals surface area (Å²) >= 11 is 7.30. The molecule has 0 bridgehead atoms. The number of nitrogens with two attached hydrogens (primary N) is 1. The number of anilines is 1. The second-order valence-corrected chi connectivity index (χ2v) is 7.57. The van der Waals surface area contributed by atoms with Crippen molar-refractivity contribution in [2.45, 2.75) is 10.9 Å². The van der Waals surface area contributed by atoms with Crippen LogP contribution in [0.5, 0.6) is 0 Å². The number of tetrazole rings is 1. The van der Waals surface area contributed by atoms with E-state index in [1.54, 1.807) is 28.9 Å². The molecule has 0 saturated heterocycles. The number of thioether (sulfide) groups is 1. The first-order valence-corrected chi connectivity index (χ1v) is 10.4. The average Bonchev–Trinajstić information content (AvgIpc) is 3.21. The molecule has 0 saturated carbocycles. The molecule has 0 atom stereocenters. The van der Waals surface area contributed by atoms with E-state index in [2.05, 4.69) is 35.8 Å². The van der Waals surface area contributed by atoms with Gasteiger partial charge in [-0.1, -0.05) is 47.6 Å². The van der Waals surface area contributed by atoms with Gasteiger partial charge in [-0.2, -0.15) is 9.67 Å². The molecule has 4 aromatic rings. The van der Waals surface area contributed by atoms with E-state index in [4.69, 9.17) is 17.3 Å². The molecule has 0 aliphatic heterocycles. The van der Waals surface area contributed by atoms with Gasteiger partial charge in [-0.25, -0.2) is 4.98 Å². The molecule has 2 heterocycles. The second-order valence-electron chi connectivity index (χ2n) is 6.19. The van der Waals surface area contributed by atoms with E-state index >= 15 is 0 Å². The first kappa shape index (κ1) is 20.6. The highest BCUT2D eigenvalue weighted by Crippen LogP contribution is 2.21. The molecule has 12 heteroatoms. The summed E-state index contributed by atoms with van der Waals surface area (Å²) in [6.07, 6.45) is 0. The van der Waals surface area contributed by atoms with E-state index in [-0.39, 0.29) is 17.5 Å². The third-order valence-corrected chi connectivity index (χ3v) is 5.08. The zero-order valence-corrected chi connectivity index (χ0v) is 17.5. The summed E-state index contributed by atoms with van der Waals surface area (Å²) in [4.78, 5) is 23.1. The number of H-pyrrole nitrogens is 1. The Hall–Kier alpha value is -3.70. The smallest absolute Gasteiger partial charge is 0.252 e. The lowest BCUT2D eigenvalue weighted by molar-refractivity contribution is 0.756. The molecule has 0 radical (unpaired) electrons. The lowest BCUT2D eigenvalue weighted by atomic mass is 10.3. The van der Waals surface area contributed by atoms with Crippen molar-refractivity contribution in [1.82, 2.24) is 30.2 Å². The van der Waals surface area contributed by atoms with Crippen molar-refractivity contribution >= 4 is 41.0 Å². The fourth-order valence-corrected chi connectivity index (χ4v) is 3.59. The van der Waals surface area contributed by atoms with Gasteiger partial charge in [0, 0.05) is 22.5 Å². The largest absolute Gasteiger partial charge is 0.369 e. The van der Waals surface area contributed by atoms with E-state index in [9.17, 15) is 4.79 Å². The fraction of sp³-hybridized carbons (Fsp3) is 0.0526. The minimum atomic E-state index is -0.345. The Bertz CT molecular complexity index is 1270. The molecule has 2 aromatic carbocycles. The molecule has 156 valence electrons. The van der Waals surface area contributed by atoms with Gasteiger partial charge in [-0.05, 0) is 40.8 Å². The van der Waals surface area contributed by atoms with Crippen molar-refractivity contribution < 1.29 is 0 Å². The summed E-state index contributed by atoms with van der Waals surface area (Å²) in [5.41, 5.74) is 7.58. The maximum Gasteiger partial charge on any atom is 0.252 e. The topological polar surface area (TPSA) is 140 Å². The Labute approximate surface area is 185 Å². The Balaban J connectivity index is 1.49. The average molecular weight is 454 g/mol. The normalized spacial score (nSPS) is 11.5. The summed E-state index contributed by atoms with van der Waals surface area (Å²) in [5, 5.41) is 15.8. The predicted molar refractivity (Wildman–Crippen MR) is 120 cm³/mol. The number of para-hydroxylation sites is 1. The maximum absolute atomic E-state index is 12.0. The molecule has 31 heavy (non-hydrogen) atoms. The number of guanidine groups is 1. The van der Waals surface area contributed by atoms with E-state index in [0.717, 1.165) is 5.69 Å². The molecule has 0 fully saturated rings. The van der Waals surface area contributed by atoms with Crippen LogP contribution < -0.4 is 16.6 Å². The zero-order valence-electron chi connectivity index (χ0n) is 15.9. The molecule has 0 spiro atoms. The Morgan fingerprint density at radius 1 is 1.19 bits per heavy atom. The highest BCUT2D eigenvalue weighted by Gasteiger charge is 2.10. The molecular weight excluding hydrogens is 438 g/mol. The van der Waals surface area contributed by atoms with Crippen LogP contribution in [-0.2, 0) is 5.75 Å². The Morgan fingerprint density at radius 2 is 2.03 bits per heavy atom. The van der Waals surface area contributed by atoms with Gasteiger partial charge in [0.05, 0.1) is 11.4 Å². The summed E-state index contributed by atoms with van der Waals surface area (Å²) in [6, 6.07) is 17.9. The molecule has 4 rings (SSSR count). The van der Waals surface area contributed by atoms with Crippen molar-refractivity contribution in [2.24, 2.45) is 10.7 Å². The number of aromatic amines is 1. The standard InChI is InChI=1S/C19H16ClN9OS/c20-12-5-4-6-13(9-12)22-17(21)25-18-23-14(10-16(30)24-18)11-31-19-26-27-28-29(19)15-7-2-1-3-8-15/h1-10H,11H2,(H4,21,22,23,24,25,30). The number of aromatic nitrogens is 6. The van der Waals surface area contributed by atoms with E-state index in [1.165, 1.54) is 17.8 Å². The predicted octanol–water partition coefficient (Wildman–Crippen LogP) is 2.75. The van der Waals surface area contributed by atoms with Crippen LogP contribution in [0, 0.1) is 0 Å². The lowest BCUT2D eigenvalue weighted by Gasteiger charge is -2.06. The van der Waals surface area contributed by atoms with Crippen LogP contribution in [0.3, 0.4) is 0 Å².